The Morgan fingerprint density at radius 1 is 1.39 bits per heavy atom. The highest BCUT2D eigenvalue weighted by atomic mass is 32.1. The zero-order valence-corrected chi connectivity index (χ0v) is 14.2. The molecule has 0 radical (unpaired) electrons. The Bertz CT molecular complexity index is 666. The number of benzene rings is 1. The number of aromatic carboxylic acids is 1. The van der Waals surface area contributed by atoms with Gasteiger partial charge < -0.3 is 5.11 Å². The van der Waals surface area contributed by atoms with Crippen LogP contribution in [0.1, 0.15) is 40.0 Å². The molecule has 0 amide bonds. The summed E-state index contributed by atoms with van der Waals surface area (Å²) in [6.07, 6.45) is 3.23. The monoisotopic (exact) mass is 330 g/mol. The number of aryl methyl sites for hydroxylation is 1. The number of carboxylic acids is 1. The van der Waals surface area contributed by atoms with E-state index in [1.54, 1.807) is 23.5 Å². The van der Waals surface area contributed by atoms with Gasteiger partial charge in [-0.05, 0) is 49.4 Å². The summed E-state index contributed by atoms with van der Waals surface area (Å²) >= 11 is 1.75. The second kappa shape index (κ2) is 7.23. The van der Waals surface area contributed by atoms with E-state index in [4.69, 9.17) is 5.11 Å². The summed E-state index contributed by atoms with van der Waals surface area (Å²) in [5.74, 6) is -0.215. The van der Waals surface area contributed by atoms with Gasteiger partial charge in [-0.3, -0.25) is 4.90 Å². The lowest BCUT2D eigenvalue weighted by Crippen LogP contribution is -2.20. The van der Waals surface area contributed by atoms with E-state index in [0.29, 0.717) is 11.5 Å². The number of carbonyl (C=O) groups is 1. The second-order valence-corrected chi connectivity index (χ2v) is 7.12. The van der Waals surface area contributed by atoms with Crippen molar-refractivity contribution in [3.8, 4) is 0 Å². The maximum Gasteiger partial charge on any atom is 0.335 e. The molecule has 0 saturated carbocycles. The topological polar surface area (TPSA) is 53.4 Å². The van der Waals surface area contributed by atoms with E-state index in [0.717, 1.165) is 32.5 Å². The maximum atomic E-state index is 10.9. The van der Waals surface area contributed by atoms with E-state index in [1.807, 2.05) is 12.1 Å². The molecule has 1 N–H and O–H groups in total. The van der Waals surface area contributed by atoms with Gasteiger partial charge in [0.15, 0.2) is 0 Å². The SMILES string of the molecule is CCc1nc(CN2CCC(Cc3ccc(C(=O)O)cc3)C2)cs1. The number of nitrogens with zero attached hydrogens (tertiary/aromatic N) is 2. The Labute approximate surface area is 140 Å². The molecule has 4 nitrogen and oxygen atoms in total. The first-order chi connectivity index (χ1) is 11.1. The van der Waals surface area contributed by atoms with Crippen molar-refractivity contribution in [1.82, 2.24) is 9.88 Å². The smallest absolute Gasteiger partial charge is 0.335 e. The molecular weight excluding hydrogens is 308 g/mol. The lowest BCUT2D eigenvalue weighted by Gasteiger charge is -2.14. The number of hydrogen-bond acceptors (Lipinski definition) is 4. The molecule has 1 aliphatic rings. The third kappa shape index (κ3) is 4.18. The van der Waals surface area contributed by atoms with Crippen LogP contribution in [0.2, 0.25) is 0 Å². The van der Waals surface area contributed by atoms with Crippen molar-refractivity contribution in [3.63, 3.8) is 0 Å². The largest absolute Gasteiger partial charge is 0.478 e. The molecule has 5 heteroatoms. The van der Waals surface area contributed by atoms with E-state index < -0.39 is 5.97 Å². The fourth-order valence-corrected chi connectivity index (χ4v) is 3.89. The molecule has 1 atom stereocenters. The van der Waals surface area contributed by atoms with Crippen molar-refractivity contribution >= 4 is 17.3 Å². The van der Waals surface area contributed by atoms with Crippen LogP contribution in [0, 0.1) is 5.92 Å². The molecule has 23 heavy (non-hydrogen) atoms. The summed E-state index contributed by atoms with van der Waals surface area (Å²) in [4.78, 5) is 18.0. The number of rotatable bonds is 6. The van der Waals surface area contributed by atoms with Gasteiger partial charge in [0.05, 0.1) is 16.3 Å². The highest BCUT2D eigenvalue weighted by molar-refractivity contribution is 7.09. The minimum atomic E-state index is -0.863. The molecule has 0 aliphatic carbocycles. The van der Waals surface area contributed by atoms with Crippen LogP contribution in [0.25, 0.3) is 0 Å². The standard InChI is InChI=1S/C18H22N2O2S/c1-2-17-19-16(12-23-17)11-20-8-7-14(10-20)9-13-3-5-15(6-4-13)18(21)22/h3-6,12,14H,2,7-11H2,1H3,(H,21,22). The predicted molar refractivity (Wildman–Crippen MR) is 92.0 cm³/mol. The minimum absolute atomic E-state index is 0.358. The molecule has 0 spiro atoms. The number of aromatic nitrogens is 1. The van der Waals surface area contributed by atoms with E-state index in [2.05, 4.69) is 22.2 Å². The van der Waals surface area contributed by atoms with Gasteiger partial charge in [-0.15, -0.1) is 11.3 Å². The Balaban J connectivity index is 1.52. The minimum Gasteiger partial charge on any atom is -0.478 e. The van der Waals surface area contributed by atoms with Gasteiger partial charge in [-0.1, -0.05) is 19.1 Å². The number of likely N-dealkylation sites (tertiary alicyclic amines) is 1. The summed E-state index contributed by atoms with van der Waals surface area (Å²) < 4.78 is 0. The summed E-state index contributed by atoms with van der Waals surface area (Å²) in [6, 6.07) is 7.29. The van der Waals surface area contributed by atoms with Crippen LogP contribution >= 0.6 is 11.3 Å². The average molecular weight is 330 g/mol. The Morgan fingerprint density at radius 2 is 2.17 bits per heavy atom. The van der Waals surface area contributed by atoms with Gasteiger partial charge in [0, 0.05) is 18.5 Å². The second-order valence-electron chi connectivity index (χ2n) is 6.18. The van der Waals surface area contributed by atoms with Crippen LogP contribution < -0.4 is 0 Å². The highest BCUT2D eigenvalue weighted by Crippen LogP contribution is 2.23. The molecule has 3 rings (SSSR count). The molecule has 0 bridgehead atoms. The fraction of sp³-hybridized carbons (Fsp3) is 0.444. The van der Waals surface area contributed by atoms with E-state index >= 15 is 0 Å². The molecule has 1 aliphatic heterocycles. The first kappa shape index (κ1) is 16.1. The van der Waals surface area contributed by atoms with Crippen molar-refractivity contribution in [2.75, 3.05) is 13.1 Å². The molecule has 1 aromatic carbocycles. The van der Waals surface area contributed by atoms with Crippen LogP contribution in [0.5, 0.6) is 0 Å². The third-order valence-corrected chi connectivity index (χ3v) is 5.42. The van der Waals surface area contributed by atoms with Gasteiger partial charge in [-0.25, -0.2) is 9.78 Å². The van der Waals surface area contributed by atoms with Crippen LogP contribution in [-0.2, 0) is 19.4 Å². The lowest BCUT2D eigenvalue weighted by molar-refractivity contribution is 0.0697. The number of carboxylic acid groups (broad SMARTS) is 1. The van der Waals surface area contributed by atoms with Crippen LogP contribution in [-0.4, -0.2) is 34.0 Å². The van der Waals surface area contributed by atoms with Gasteiger partial charge >= 0.3 is 5.97 Å². The van der Waals surface area contributed by atoms with Gasteiger partial charge in [0.1, 0.15) is 0 Å². The highest BCUT2D eigenvalue weighted by Gasteiger charge is 2.23. The molecule has 1 aromatic heterocycles. The molecule has 2 aromatic rings. The molecular formula is C18H22N2O2S. The molecule has 122 valence electrons. The average Bonchev–Trinajstić information content (AvgIpc) is 3.17. The quantitative estimate of drug-likeness (QED) is 0.881. The number of hydrogen-bond donors (Lipinski definition) is 1. The van der Waals surface area contributed by atoms with Crippen molar-refractivity contribution in [2.45, 2.75) is 32.7 Å². The van der Waals surface area contributed by atoms with Gasteiger partial charge in [0.25, 0.3) is 0 Å². The Kier molecular flexibility index (Phi) is 5.08. The molecule has 1 saturated heterocycles. The third-order valence-electron chi connectivity index (χ3n) is 4.38. The zero-order valence-electron chi connectivity index (χ0n) is 13.4. The normalized spacial score (nSPS) is 18.4. The molecule has 2 heterocycles. The summed E-state index contributed by atoms with van der Waals surface area (Å²) in [6.45, 7) is 5.31. The molecule has 1 unspecified atom stereocenters. The fourth-order valence-electron chi connectivity index (χ4n) is 3.15. The van der Waals surface area contributed by atoms with Crippen molar-refractivity contribution in [2.24, 2.45) is 5.92 Å². The van der Waals surface area contributed by atoms with Crippen molar-refractivity contribution in [3.05, 3.63) is 51.5 Å². The van der Waals surface area contributed by atoms with Crippen LogP contribution in [0.4, 0.5) is 0 Å². The maximum absolute atomic E-state index is 10.9. The predicted octanol–water partition coefficient (Wildman–Crippen LogP) is 3.47. The molecule has 1 fully saturated rings. The summed E-state index contributed by atoms with van der Waals surface area (Å²) in [7, 11) is 0. The van der Waals surface area contributed by atoms with E-state index in [-0.39, 0.29) is 0 Å². The number of thiazole rings is 1. The van der Waals surface area contributed by atoms with Crippen LogP contribution in [0.15, 0.2) is 29.6 Å². The van der Waals surface area contributed by atoms with Crippen molar-refractivity contribution < 1.29 is 9.90 Å². The Morgan fingerprint density at radius 3 is 2.83 bits per heavy atom. The van der Waals surface area contributed by atoms with Gasteiger partial charge in [-0.2, -0.15) is 0 Å². The van der Waals surface area contributed by atoms with Crippen LogP contribution in [0.3, 0.4) is 0 Å². The van der Waals surface area contributed by atoms with E-state index in [9.17, 15) is 4.79 Å². The first-order valence-corrected chi connectivity index (χ1v) is 9.00. The first-order valence-electron chi connectivity index (χ1n) is 8.12. The summed E-state index contributed by atoms with van der Waals surface area (Å²) in [5, 5.41) is 12.3. The van der Waals surface area contributed by atoms with E-state index in [1.165, 1.54) is 22.7 Å². The van der Waals surface area contributed by atoms with Gasteiger partial charge in [0.2, 0.25) is 0 Å². The Hall–Kier alpha value is -1.72. The summed E-state index contributed by atoms with van der Waals surface area (Å²) in [5.41, 5.74) is 2.78. The van der Waals surface area contributed by atoms with Crippen molar-refractivity contribution in [1.29, 1.82) is 0 Å². The zero-order chi connectivity index (χ0) is 16.2. The lowest BCUT2D eigenvalue weighted by atomic mass is 9.98.